The predicted octanol–water partition coefficient (Wildman–Crippen LogP) is 1.47. The smallest absolute Gasteiger partial charge is 0.136 e. The Bertz CT molecular complexity index is 457. The van der Waals surface area contributed by atoms with Crippen LogP contribution in [0.25, 0.3) is 0 Å². The van der Waals surface area contributed by atoms with E-state index in [1.54, 1.807) is 0 Å². The third-order valence-electron chi connectivity index (χ3n) is 4.24. The largest absolute Gasteiger partial charge is 0.384 e. The SMILES string of the molecule is CN(CC1CCCN1C)c1cc(N)nc(C2CC2)n1. The molecule has 1 saturated carbocycles. The first kappa shape index (κ1) is 12.7. The first-order valence-corrected chi connectivity index (χ1v) is 7.19. The molecule has 1 atom stereocenters. The molecule has 2 heterocycles. The minimum absolute atomic E-state index is 0.546. The van der Waals surface area contributed by atoms with Crippen LogP contribution in [0.3, 0.4) is 0 Å². The Morgan fingerprint density at radius 3 is 2.79 bits per heavy atom. The Morgan fingerprint density at radius 2 is 2.16 bits per heavy atom. The Morgan fingerprint density at radius 1 is 1.37 bits per heavy atom. The maximum Gasteiger partial charge on any atom is 0.136 e. The van der Waals surface area contributed by atoms with E-state index in [-0.39, 0.29) is 0 Å². The molecule has 1 aliphatic heterocycles. The van der Waals surface area contributed by atoms with Crippen LogP contribution < -0.4 is 10.6 Å². The van der Waals surface area contributed by atoms with Gasteiger partial charge in [-0.3, -0.25) is 0 Å². The predicted molar refractivity (Wildman–Crippen MR) is 77.3 cm³/mol. The van der Waals surface area contributed by atoms with Gasteiger partial charge in [0.25, 0.3) is 0 Å². The van der Waals surface area contributed by atoms with E-state index in [1.165, 1.54) is 32.2 Å². The highest BCUT2D eigenvalue weighted by molar-refractivity contribution is 5.47. The number of anilines is 2. The van der Waals surface area contributed by atoms with Crippen molar-refractivity contribution in [2.24, 2.45) is 0 Å². The van der Waals surface area contributed by atoms with Gasteiger partial charge in [0.05, 0.1) is 0 Å². The number of rotatable bonds is 4. The summed E-state index contributed by atoms with van der Waals surface area (Å²) in [6, 6.07) is 2.52. The molecule has 0 radical (unpaired) electrons. The molecule has 2 N–H and O–H groups in total. The van der Waals surface area contributed by atoms with Crippen LogP contribution in [0.5, 0.6) is 0 Å². The van der Waals surface area contributed by atoms with Crippen molar-refractivity contribution in [1.82, 2.24) is 14.9 Å². The van der Waals surface area contributed by atoms with Gasteiger partial charge in [-0.1, -0.05) is 0 Å². The summed E-state index contributed by atoms with van der Waals surface area (Å²) in [6.07, 6.45) is 4.99. The third-order valence-corrected chi connectivity index (χ3v) is 4.24. The van der Waals surface area contributed by atoms with Crippen LogP contribution in [0, 0.1) is 0 Å². The first-order valence-electron chi connectivity index (χ1n) is 7.19. The maximum atomic E-state index is 5.91. The first-order chi connectivity index (χ1) is 9.13. The minimum Gasteiger partial charge on any atom is -0.384 e. The van der Waals surface area contributed by atoms with E-state index in [0.29, 0.717) is 17.8 Å². The average molecular weight is 261 g/mol. The summed E-state index contributed by atoms with van der Waals surface area (Å²) in [7, 11) is 4.31. The van der Waals surface area contributed by atoms with Crippen LogP contribution in [0.15, 0.2) is 6.07 Å². The molecule has 1 saturated heterocycles. The Balaban J connectivity index is 1.73. The minimum atomic E-state index is 0.546. The van der Waals surface area contributed by atoms with Crippen molar-refractivity contribution in [2.45, 2.75) is 37.6 Å². The summed E-state index contributed by atoms with van der Waals surface area (Å²) in [5.74, 6) is 3.04. The van der Waals surface area contributed by atoms with Crippen LogP contribution in [-0.2, 0) is 0 Å². The summed E-state index contributed by atoms with van der Waals surface area (Å²) in [5.41, 5.74) is 5.91. The lowest BCUT2D eigenvalue weighted by molar-refractivity contribution is 0.314. The quantitative estimate of drug-likeness (QED) is 0.889. The second-order valence-electron chi connectivity index (χ2n) is 5.94. The fraction of sp³-hybridized carbons (Fsp3) is 0.714. The van der Waals surface area contributed by atoms with E-state index in [4.69, 9.17) is 5.73 Å². The number of hydrogen-bond acceptors (Lipinski definition) is 5. The zero-order valence-corrected chi connectivity index (χ0v) is 11.8. The summed E-state index contributed by atoms with van der Waals surface area (Å²) < 4.78 is 0. The highest BCUT2D eigenvalue weighted by atomic mass is 15.2. The second-order valence-corrected chi connectivity index (χ2v) is 5.94. The second kappa shape index (κ2) is 4.96. The van der Waals surface area contributed by atoms with Crippen molar-refractivity contribution in [1.29, 1.82) is 0 Å². The molecule has 0 bridgehead atoms. The van der Waals surface area contributed by atoms with Crippen molar-refractivity contribution in [3.8, 4) is 0 Å². The van der Waals surface area contributed by atoms with E-state index in [1.807, 2.05) is 6.07 Å². The van der Waals surface area contributed by atoms with E-state index in [9.17, 15) is 0 Å². The molecule has 5 heteroatoms. The molecule has 2 aliphatic rings. The number of aromatic nitrogens is 2. The van der Waals surface area contributed by atoms with Crippen molar-refractivity contribution in [2.75, 3.05) is 37.8 Å². The van der Waals surface area contributed by atoms with Gasteiger partial charge < -0.3 is 15.5 Å². The zero-order valence-electron chi connectivity index (χ0n) is 11.8. The van der Waals surface area contributed by atoms with Gasteiger partial charge in [-0.15, -0.1) is 0 Å². The molecule has 0 amide bonds. The third kappa shape index (κ3) is 2.81. The Kier molecular flexibility index (Phi) is 3.31. The molecule has 1 aromatic rings. The van der Waals surface area contributed by atoms with E-state index in [0.717, 1.165) is 18.2 Å². The lowest BCUT2D eigenvalue weighted by Crippen LogP contribution is -2.37. The maximum absolute atomic E-state index is 5.91. The molecule has 104 valence electrons. The molecule has 1 unspecified atom stereocenters. The number of nitrogen functional groups attached to an aromatic ring is 1. The monoisotopic (exact) mass is 261 g/mol. The van der Waals surface area contributed by atoms with Gasteiger partial charge in [-0.25, -0.2) is 9.97 Å². The lowest BCUT2D eigenvalue weighted by atomic mass is 10.2. The molecule has 1 aliphatic carbocycles. The summed E-state index contributed by atoms with van der Waals surface area (Å²) >= 11 is 0. The van der Waals surface area contributed by atoms with Crippen molar-refractivity contribution >= 4 is 11.6 Å². The highest BCUT2D eigenvalue weighted by Gasteiger charge is 2.28. The van der Waals surface area contributed by atoms with Gasteiger partial charge in [0.1, 0.15) is 17.5 Å². The topological polar surface area (TPSA) is 58.3 Å². The van der Waals surface area contributed by atoms with E-state index < -0.39 is 0 Å². The molecule has 5 nitrogen and oxygen atoms in total. The Labute approximate surface area is 114 Å². The van der Waals surface area contributed by atoms with Gasteiger partial charge in [-0.05, 0) is 39.3 Å². The number of nitrogens with two attached hydrogens (primary N) is 1. The molecule has 3 rings (SSSR count). The molecular weight excluding hydrogens is 238 g/mol. The molecule has 0 spiro atoms. The number of likely N-dealkylation sites (tertiary alicyclic amines) is 1. The molecule has 1 aromatic heterocycles. The fourth-order valence-electron chi connectivity index (χ4n) is 2.81. The van der Waals surface area contributed by atoms with Crippen molar-refractivity contribution in [3.05, 3.63) is 11.9 Å². The van der Waals surface area contributed by atoms with Crippen molar-refractivity contribution in [3.63, 3.8) is 0 Å². The lowest BCUT2D eigenvalue weighted by Gasteiger charge is -2.26. The van der Waals surface area contributed by atoms with Gasteiger partial charge in [0, 0.05) is 31.6 Å². The van der Waals surface area contributed by atoms with Gasteiger partial charge in [0.15, 0.2) is 0 Å². The number of hydrogen-bond donors (Lipinski definition) is 1. The van der Waals surface area contributed by atoms with Crippen LogP contribution in [0.4, 0.5) is 11.6 Å². The van der Waals surface area contributed by atoms with Crippen LogP contribution in [-0.4, -0.2) is 48.1 Å². The average Bonchev–Trinajstić information content (AvgIpc) is 3.15. The van der Waals surface area contributed by atoms with E-state index in [2.05, 4.69) is 33.9 Å². The van der Waals surface area contributed by atoms with Gasteiger partial charge in [-0.2, -0.15) is 0 Å². The van der Waals surface area contributed by atoms with E-state index >= 15 is 0 Å². The van der Waals surface area contributed by atoms with Crippen LogP contribution in [0.2, 0.25) is 0 Å². The zero-order chi connectivity index (χ0) is 13.4. The summed E-state index contributed by atoms with van der Waals surface area (Å²) in [5, 5.41) is 0. The molecule has 0 aromatic carbocycles. The van der Waals surface area contributed by atoms with Crippen LogP contribution in [0.1, 0.15) is 37.4 Å². The van der Waals surface area contributed by atoms with Crippen LogP contribution >= 0.6 is 0 Å². The fourth-order valence-corrected chi connectivity index (χ4v) is 2.81. The Hall–Kier alpha value is -1.36. The standard InChI is InChI=1S/C14H23N5/c1-18-7-3-4-11(18)9-19(2)13-8-12(15)16-14(17-13)10-5-6-10/h8,10-11H,3-7,9H2,1-2H3,(H2,15,16,17). The molecule has 19 heavy (non-hydrogen) atoms. The number of nitrogens with zero attached hydrogens (tertiary/aromatic N) is 4. The normalized spacial score (nSPS) is 23.8. The highest BCUT2D eigenvalue weighted by Crippen LogP contribution is 2.38. The van der Waals surface area contributed by atoms with Crippen molar-refractivity contribution < 1.29 is 0 Å². The van der Waals surface area contributed by atoms with Gasteiger partial charge in [0.2, 0.25) is 0 Å². The number of likely N-dealkylation sites (N-methyl/N-ethyl adjacent to an activating group) is 2. The summed E-state index contributed by atoms with van der Waals surface area (Å²) in [4.78, 5) is 13.7. The van der Waals surface area contributed by atoms with Gasteiger partial charge >= 0.3 is 0 Å². The molecule has 2 fully saturated rings. The summed E-state index contributed by atoms with van der Waals surface area (Å²) in [6.45, 7) is 2.22. The molecular formula is C14H23N5.